The highest BCUT2D eigenvalue weighted by Gasteiger charge is 2.18. The van der Waals surface area contributed by atoms with Crippen molar-refractivity contribution in [1.29, 1.82) is 0 Å². The maximum Gasteiger partial charge on any atom is 0.174 e. The number of aromatic nitrogens is 3. The van der Waals surface area contributed by atoms with E-state index >= 15 is 0 Å². The summed E-state index contributed by atoms with van der Waals surface area (Å²) in [5.41, 5.74) is 1.87. The van der Waals surface area contributed by atoms with Gasteiger partial charge in [0.25, 0.3) is 0 Å². The third-order valence-corrected chi connectivity index (χ3v) is 3.03. The Morgan fingerprint density at radius 3 is 3.06 bits per heavy atom. The van der Waals surface area contributed by atoms with Gasteiger partial charge in [0.2, 0.25) is 0 Å². The summed E-state index contributed by atoms with van der Waals surface area (Å²) < 4.78 is 1.75. The van der Waals surface area contributed by atoms with Crippen molar-refractivity contribution < 1.29 is 0 Å². The van der Waals surface area contributed by atoms with Gasteiger partial charge in [0.05, 0.1) is 30.4 Å². The van der Waals surface area contributed by atoms with Gasteiger partial charge in [-0.3, -0.25) is 10.3 Å². The fraction of sp³-hybridized carbons (Fsp3) is 0.273. The van der Waals surface area contributed by atoms with Gasteiger partial charge in [0, 0.05) is 19.3 Å². The lowest BCUT2D eigenvalue weighted by atomic mass is 10.4. The summed E-state index contributed by atoms with van der Waals surface area (Å²) in [6, 6.07) is 3.82. The first-order valence-electron chi connectivity index (χ1n) is 5.46. The Kier molecular flexibility index (Phi) is 2.70. The Labute approximate surface area is 104 Å². The van der Waals surface area contributed by atoms with Crippen LogP contribution < -0.4 is 10.2 Å². The average molecular weight is 250 g/mol. The van der Waals surface area contributed by atoms with Crippen LogP contribution in [0.3, 0.4) is 0 Å². The van der Waals surface area contributed by atoms with Gasteiger partial charge in [0.1, 0.15) is 0 Å². The molecular weight excluding hydrogens is 238 g/mol. The third-order valence-electron chi connectivity index (χ3n) is 2.76. The summed E-state index contributed by atoms with van der Waals surface area (Å²) in [7, 11) is 0. The molecule has 0 saturated carbocycles. The van der Waals surface area contributed by atoms with Crippen molar-refractivity contribution in [3.8, 4) is 5.69 Å². The molecule has 1 aliphatic rings. The topological polar surface area (TPSA) is 46.0 Å². The van der Waals surface area contributed by atoms with E-state index in [1.165, 1.54) is 0 Å². The normalized spacial score (nSPS) is 15.5. The molecule has 0 atom stereocenters. The van der Waals surface area contributed by atoms with E-state index in [1.807, 2.05) is 18.3 Å². The molecule has 0 spiro atoms. The zero-order valence-corrected chi connectivity index (χ0v) is 9.93. The second kappa shape index (κ2) is 4.35. The van der Waals surface area contributed by atoms with E-state index in [2.05, 4.69) is 20.3 Å². The van der Waals surface area contributed by atoms with Crippen molar-refractivity contribution >= 4 is 17.3 Å². The van der Waals surface area contributed by atoms with Gasteiger partial charge in [0.15, 0.2) is 5.15 Å². The van der Waals surface area contributed by atoms with Crippen molar-refractivity contribution in [1.82, 2.24) is 20.1 Å². The molecule has 3 heterocycles. The first-order valence-corrected chi connectivity index (χ1v) is 5.83. The molecule has 0 aliphatic carbocycles. The number of nitrogens with one attached hydrogen (secondary N) is 1. The summed E-state index contributed by atoms with van der Waals surface area (Å²) in [6.07, 6.45) is 5.43. The minimum Gasteiger partial charge on any atom is -0.354 e. The molecular formula is C11H12ClN5. The number of anilines is 1. The Bertz CT molecular complexity index is 504. The molecule has 1 fully saturated rings. The van der Waals surface area contributed by atoms with Gasteiger partial charge in [-0.1, -0.05) is 11.6 Å². The molecule has 0 bridgehead atoms. The summed E-state index contributed by atoms with van der Waals surface area (Å²) in [4.78, 5) is 6.24. The molecule has 1 aliphatic heterocycles. The van der Waals surface area contributed by atoms with Crippen LogP contribution in [0.15, 0.2) is 30.7 Å². The zero-order chi connectivity index (χ0) is 11.7. The quantitative estimate of drug-likeness (QED) is 0.871. The van der Waals surface area contributed by atoms with E-state index in [-0.39, 0.29) is 0 Å². The Hall–Kier alpha value is -1.59. The summed E-state index contributed by atoms with van der Waals surface area (Å²) in [6.45, 7) is 2.76. The van der Waals surface area contributed by atoms with Gasteiger partial charge in [-0.15, -0.1) is 0 Å². The predicted molar refractivity (Wildman–Crippen MR) is 66.6 cm³/mol. The van der Waals surface area contributed by atoms with Crippen LogP contribution in [0.1, 0.15) is 0 Å². The minimum atomic E-state index is 0.526. The molecule has 0 radical (unpaired) electrons. The van der Waals surface area contributed by atoms with Gasteiger partial charge in [-0.05, 0) is 12.1 Å². The fourth-order valence-electron chi connectivity index (χ4n) is 1.89. The molecule has 17 heavy (non-hydrogen) atoms. The molecule has 0 unspecified atom stereocenters. The number of hydrogen-bond acceptors (Lipinski definition) is 4. The highest BCUT2D eigenvalue weighted by Crippen LogP contribution is 2.26. The monoisotopic (exact) mass is 249 g/mol. The van der Waals surface area contributed by atoms with E-state index in [4.69, 9.17) is 11.6 Å². The lowest BCUT2D eigenvalue weighted by molar-refractivity contribution is 0.854. The lowest BCUT2D eigenvalue weighted by Crippen LogP contribution is -2.20. The van der Waals surface area contributed by atoms with Crippen molar-refractivity contribution in [3.05, 3.63) is 35.9 Å². The standard InChI is InChI=1S/C11H12ClN5/c12-11-10(16-5-4-14-8-16)7-17(15-11)9-2-1-3-13-6-9/h1-3,6-7,14H,4-5,8H2. The molecule has 88 valence electrons. The SMILES string of the molecule is Clc1nn(-c2cccnc2)cc1N1CCNC1. The van der Waals surface area contributed by atoms with E-state index < -0.39 is 0 Å². The van der Waals surface area contributed by atoms with Crippen LogP contribution in [-0.4, -0.2) is 34.5 Å². The number of hydrogen-bond donors (Lipinski definition) is 1. The molecule has 3 rings (SSSR count). The molecule has 0 amide bonds. The average Bonchev–Trinajstić information content (AvgIpc) is 2.99. The highest BCUT2D eigenvalue weighted by molar-refractivity contribution is 6.32. The van der Waals surface area contributed by atoms with Gasteiger partial charge in [-0.2, -0.15) is 5.10 Å². The Balaban J connectivity index is 1.95. The van der Waals surface area contributed by atoms with E-state index in [1.54, 1.807) is 17.1 Å². The number of rotatable bonds is 2. The Morgan fingerprint density at radius 1 is 1.41 bits per heavy atom. The second-order valence-electron chi connectivity index (χ2n) is 3.88. The van der Waals surface area contributed by atoms with Crippen molar-refractivity contribution in [2.75, 3.05) is 24.7 Å². The highest BCUT2D eigenvalue weighted by atomic mass is 35.5. The van der Waals surface area contributed by atoms with Crippen LogP contribution >= 0.6 is 11.6 Å². The van der Waals surface area contributed by atoms with Crippen molar-refractivity contribution in [2.45, 2.75) is 0 Å². The summed E-state index contributed by atoms with van der Waals surface area (Å²) in [5.74, 6) is 0. The van der Waals surface area contributed by atoms with Crippen LogP contribution in [0, 0.1) is 0 Å². The van der Waals surface area contributed by atoms with Crippen molar-refractivity contribution in [2.24, 2.45) is 0 Å². The smallest absolute Gasteiger partial charge is 0.174 e. The van der Waals surface area contributed by atoms with Crippen LogP contribution in [-0.2, 0) is 0 Å². The zero-order valence-electron chi connectivity index (χ0n) is 9.17. The maximum absolute atomic E-state index is 6.15. The molecule has 1 saturated heterocycles. The fourth-order valence-corrected chi connectivity index (χ4v) is 2.14. The van der Waals surface area contributed by atoms with E-state index in [0.717, 1.165) is 31.1 Å². The minimum absolute atomic E-state index is 0.526. The van der Waals surface area contributed by atoms with Crippen molar-refractivity contribution in [3.63, 3.8) is 0 Å². The first-order chi connectivity index (χ1) is 8.34. The van der Waals surface area contributed by atoms with Crippen LogP contribution in [0.2, 0.25) is 5.15 Å². The van der Waals surface area contributed by atoms with Crippen LogP contribution in [0.25, 0.3) is 5.69 Å². The lowest BCUT2D eigenvalue weighted by Gasteiger charge is -2.13. The first kappa shape index (κ1) is 10.6. The third kappa shape index (κ3) is 1.99. The molecule has 1 N–H and O–H groups in total. The largest absolute Gasteiger partial charge is 0.354 e. The van der Waals surface area contributed by atoms with E-state index in [9.17, 15) is 0 Å². The number of halogens is 1. The van der Waals surface area contributed by atoms with Gasteiger partial charge in [-0.25, -0.2) is 4.68 Å². The van der Waals surface area contributed by atoms with Crippen LogP contribution in [0.5, 0.6) is 0 Å². The van der Waals surface area contributed by atoms with E-state index in [0.29, 0.717) is 5.15 Å². The maximum atomic E-state index is 6.15. The van der Waals surface area contributed by atoms with Gasteiger partial charge < -0.3 is 4.90 Å². The van der Waals surface area contributed by atoms with Crippen LogP contribution in [0.4, 0.5) is 5.69 Å². The second-order valence-corrected chi connectivity index (χ2v) is 4.24. The molecule has 5 nitrogen and oxygen atoms in total. The Morgan fingerprint density at radius 2 is 2.35 bits per heavy atom. The summed E-state index contributed by atoms with van der Waals surface area (Å²) in [5, 5.41) is 8.09. The molecule has 2 aromatic heterocycles. The van der Waals surface area contributed by atoms with Gasteiger partial charge >= 0.3 is 0 Å². The predicted octanol–water partition coefficient (Wildman–Crippen LogP) is 1.29. The molecule has 2 aromatic rings. The molecule has 0 aromatic carbocycles. The number of pyridine rings is 1. The summed E-state index contributed by atoms with van der Waals surface area (Å²) >= 11 is 6.15. The molecule has 6 heteroatoms. The number of nitrogens with zero attached hydrogens (tertiary/aromatic N) is 4.